The second-order valence-electron chi connectivity index (χ2n) is 3.03. The Labute approximate surface area is 84.9 Å². The minimum Gasteiger partial charge on any atom is -0.480 e. The number of ether oxygens (including phenoxy) is 1. The summed E-state index contributed by atoms with van der Waals surface area (Å²) in [6.07, 6.45) is 0. The van der Waals surface area contributed by atoms with E-state index >= 15 is 0 Å². The van der Waals surface area contributed by atoms with Gasteiger partial charge in [0, 0.05) is 0 Å². The van der Waals surface area contributed by atoms with E-state index < -0.39 is 5.97 Å². The van der Waals surface area contributed by atoms with Gasteiger partial charge in [-0.05, 0) is 13.0 Å². The Morgan fingerprint density at radius 3 is 2.87 bits per heavy atom. The van der Waals surface area contributed by atoms with Gasteiger partial charge < -0.3 is 14.8 Å². The van der Waals surface area contributed by atoms with Crippen LogP contribution in [-0.4, -0.2) is 33.1 Å². The normalized spacial score (nSPS) is 10.5. The van der Waals surface area contributed by atoms with Crippen molar-refractivity contribution in [2.75, 3.05) is 7.11 Å². The summed E-state index contributed by atoms with van der Waals surface area (Å²) in [4.78, 5) is 21.5. The number of H-pyrrole nitrogens is 1. The van der Waals surface area contributed by atoms with Crippen LogP contribution in [0.2, 0.25) is 0 Å². The first-order chi connectivity index (χ1) is 7.11. The third-order valence-corrected chi connectivity index (χ3v) is 1.99. The maximum absolute atomic E-state index is 10.7. The third-order valence-electron chi connectivity index (χ3n) is 1.99. The fraction of sp³-hybridized carbons (Fsp3) is 0.222. The molecule has 6 heteroatoms. The van der Waals surface area contributed by atoms with E-state index in [1.165, 1.54) is 13.2 Å². The minimum absolute atomic E-state index is 0.0724. The summed E-state index contributed by atoms with van der Waals surface area (Å²) in [5.41, 5.74) is 0.542. The second kappa shape index (κ2) is 3.23. The molecule has 0 bridgehead atoms. The number of aromatic amines is 1. The van der Waals surface area contributed by atoms with Gasteiger partial charge in [0.25, 0.3) is 0 Å². The molecule has 2 N–H and O–H groups in total. The van der Waals surface area contributed by atoms with Crippen molar-refractivity contribution in [2.24, 2.45) is 0 Å². The molecule has 0 aliphatic carbocycles. The average molecular weight is 207 g/mol. The lowest BCUT2D eigenvalue weighted by molar-refractivity contribution is 0.0691. The van der Waals surface area contributed by atoms with Crippen LogP contribution < -0.4 is 4.74 Å². The Balaban J connectivity index is 2.74. The predicted octanol–water partition coefficient (Wildman–Crippen LogP) is 0.973. The van der Waals surface area contributed by atoms with Crippen molar-refractivity contribution in [2.45, 2.75) is 6.92 Å². The van der Waals surface area contributed by atoms with Gasteiger partial charge in [0.05, 0.1) is 12.5 Å². The van der Waals surface area contributed by atoms with Crippen LogP contribution in [-0.2, 0) is 0 Å². The highest BCUT2D eigenvalue weighted by Gasteiger charge is 2.13. The predicted molar refractivity (Wildman–Crippen MR) is 52.1 cm³/mol. The minimum atomic E-state index is -1.03. The number of hydrogen-bond acceptors (Lipinski definition) is 4. The monoisotopic (exact) mass is 207 g/mol. The van der Waals surface area contributed by atoms with Crippen molar-refractivity contribution in [1.29, 1.82) is 0 Å². The summed E-state index contributed by atoms with van der Waals surface area (Å²) >= 11 is 0. The Kier molecular flexibility index (Phi) is 2.03. The van der Waals surface area contributed by atoms with Crippen LogP contribution in [0.1, 0.15) is 16.3 Å². The quantitative estimate of drug-likeness (QED) is 0.766. The van der Waals surface area contributed by atoms with Crippen LogP contribution in [0.15, 0.2) is 6.07 Å². The number of fused-ring (bicyclic) bond motifs is 1. The van der Waals surface area contributed by atoms with E-state index in [9.17, 15) is 4.79 Å². The van der Waals surface area contributed by atoms with Crippen molar-refractivity contribution >= 4 is 17.0 Å². The molecule has 0 aliphatic rings. The molecule has 0 atom stereocenters. The van der Waals surface area contributed by atoms with E-state index in [-0.39, 0.29) is 5.69 Å². The summed E-state index contributed by atoms with van der Waals surface area (Å²) in [6, 6.07) is 1.45. The average Bonchev–Trinajstić information content (AvgIpc) is 2.59. The lowest BCUT2D eigenvalue weighted by Crippen LogP contribution is -1.95. The fourth-order valence-electron chi connectivity index (χ4n) is 1.36. The fourth-order valence-corrected chi connectivity index (χ4v) is 1.36. The summed E-state index contributed by atoms with van der Waals surface area (Å²) in [5, 5.41) is 9.37. The van der Waals surface area contributed by atoms with Crippen LogP contribution in [0.4, 0.5) is 0 Å². The van der Waals surface area contributed by atoms with Gasteiger partial charge in [-0.25, -0.2) is 9.78 Å². The number of methoxy groups -OCH3 is 1. The number of carboxylic acid groups (broad SMARTS) is 1. The van der Waals surface area contributed by atoms with E-state index in [1.807, 2.05) is 0 Å². The molecule has 0 saturated heterocycles. The van der Waals surface area contributed by atoms with E-state index in [2.05, 4.69) is 15.0 Å². The van der Waals surface area contributed by atoms with Gasteiger partial charge in [-0.3, -0.25) is 0 Å². The zero-order valence-electron chi connectivity index (χ0n) is 8.24. The van der Waals surface area contributed by atoms with Crippen LogP contribution in [0.5, 0.6) is 5.88 Å². The van der Waals surface area contributed by atoms with Crippen LogP contribution >= 0.6 is 0 Å². The zero-order chi connectivity index (χ0) is 11.0. The van der Waals surface area contributed by atoms with Crippen molar-refractivity contribution < 1.29 is 14.6 Å². The highest BCUT2D eigenvalue weighted by molar-refractivity contribution is 5.94. The maximum Gasteiger partial charge on any atom is 0.352 e. The van der Waals surface area contributed by atoms with E-state index in [1.54, 1.807) is 6.92 Å². The zero-order valence-corrected chi connectivity index (χ0v) is 8.24. The molecule has 6 nitrogen and oxygen atoms in total. The summed E-state index contributed by atoms with van der Waals surface area (Å²) in [5.74, 6) is -0.132. The molecule has 0 saturated carbocycles. The molecule has 0 radical (unpaired) electrons. The molecule has 15 heavy (non-hydrogen) atoms. The van der Waals surface area contributed by atoms with Gasteiger partial charge in [-0.15, -0.1) is 0 Å². The maximum atomic E-state index is 10.7. The number of carboxylic acids is 1. The molecule has 2 aromatic heterocycles. The molecule has 2 rings (SSSR count). The Morgan fingerprint density at radius 2 is 2.27 bits per heavy atom. The smallest absolute Gasteiger partial charge is 0.352 e. The van der Waals surface area contributed by atoms with E-state index in [0.29, 0.717) is 22.7 Å². The van der Waals surface area contributed by atoms with Gasteiger partial charge in [0.1, 0.15) is 17.2 Å². The van der Waals surface area contributed by atoms with Crippen molar-refractivity contribution in [3.05, 3.63) is 17.6 Å². The van der Waals surface area contributed by atoms with Crippen LogP contribution in [0, 0.1) is 6.92 Å². The number of aromatic carboxylic acids is 1. The highest BCUT2D eigenvalue weighted by Crippen LogP contribution is 2.22. The molecule has 0 amide bonds. The van der Waals surface area contributed by atoms with E-state index in [0.717, 1.165) is 0 Å². The SMILES string of the molecule is COc1nc(C)nc2[nH]c(C(=O)O)cc12. The molecular formula is C9H9N3O3. The summed E-state index contributed by atoms with van der Waals surface area (Å²) in [7, 11) is 1.48. The lowest BCUT2D eigenvalue weighted by Gasteiger charge is -2.00. The van der Waals surface area contributed by atoms with Gasteiger partial charge in [-0.2, -0.15) is 4.98 Å². The van der Waals surface area contributed by atoms with Gasteiger partial charge in [0.15, 0.2) is 0 Å². The van der Waals surface area contributed by atoms with Gasteiger partial charge in [-0.1, -0.05) is 0 Å². The number of hydrogen-bond donors (Lipinski definition) is 2. The Hall–Kier alpha value is -2.11. The second-order valence-corrected chi connectivity index (χ2v) is 3.03. The Bertz CT molecular complexity index is 533. The Morgan fingerprint density at radius 1 is 1.53 bits per heavy atom. The molecule has 0 spiro atoms. The molecule has 2 aromatic rings. The largest absolute Gasteiger partial charge is 0.480 e. The standard InChI is InChI=1S/C9H9N3O3/c1-4-10-7-5(8(11-4)15-2)3-6(12-7)9(13)14/h3H,1-2H3,(H,13,14)(H,10,11,12). The first-order valence-corrected chi connectivity index (χ1v) is 4.26. The first kappa shape index (κ1) is 9.45. The molecule has 2 heterocycles. The molecular weight excluding hydrogens is 198 g/mol. The number of nitrogens with one attached hydrogen (secondary N) is 1. The van der Waals surface area contributed by atoms with Crippen molar-refractivity contribution in [1.82, 2.24) is 15.0 Å². The summed E-state index contributed by atoms with van der Waals surface area (Å²) in [6.45, 7) is 1.71. The van der Waals surface area contributed by atoms with E-state index in [4.69, 9.17) is 9.84 Å². The van der Waals surface area contributed by atoms with Crippen molar-refractivity contribution in [3.63, 3.8) is 0 Å². The van der Waals surface area contributed by atoms with Crippen LogP contribution in [0.25, 0.3) is 11.0 Å². The lowest BCUT2D eigenvalue weighted by atomic mass is 10.3. The number of carbonyl (C=O) groups is 1. The highest BCUT2D eigenvalue weighted by atomic mass is 16.5. The molecule has 0 aromatic carbocycles. The van der Waals surface area contributed by atoms with Crippen molar-refractivity contribution in [3.8, 4) is 5.88 Å². The van der Waals surface area contributed by atoms with Gasteiger partial charge >= 0.3 is 5.97 Å². The molecule has 78 valence electrons. The number of rotatable bonds is 2. The third kappa shape index (κ3) is 1.50. The summed E-state index contributed by atoms with van der Waals surface area (Å²) < 4.78 is 5.04. The number of aromatic nitrogens is 3. The van der Waals surface area contributed by atoms with Gasteiger partial charge in [0.2, 0.25) is 5.88 Å². The van der Waals surface area contributed by atoms with Crippen LogP contribution in [0.3, 0.4) is 0 Å². The number of aryl methyl sites for hydroxylation is 1. The molecule has 0 fully saturated rings. The first-order valence-electron chi connectivity index (χ1n) is 4.26. The number of nitrogens with zero attached hydrogens (tertiary/aromatic N) is 2. The molecule has 0 unspecified atom stereocenters. The molecule has 0 aliphatic heterocycles. The topological polar surface area (TPSA) is 88.1 Å².